The number of sulfonamides is 1. The number of anilines is 2. The van der Waals surface area contributed by atoms with E-state index >= 15 is 0 Å². The van der Waals surface area contributed by atoms with Crippen LogP contribution in [0.15, 0.2) is 76.1 Å². The smallest absolute Gasteiger partial charge is 0.261 e. The summed E-state index contributed by atoms with van der Waals surface area (Å²) in [5.41, 5.74) is 2.30. The van der Waals surface area contributed by atoms with Crippen molar-refractivity contribution in [3.8, 4) is 5.75 Å². The highest BCUT2D eigenvalue weighted by molar-refractivity contribution is 9.10. The predicted octanol–water partition coefficient (Wildman–Crippen LogP) is 4.82. The first-order valence-corrected chi connectivity index (χ1v) is 10.9. The fraction of sp³-hybridized carbons (Fsp3) is 0.0952. The molecule has 3 aromatic rings. The summed E-state index contributed by atoms with van der Waals surface area (Å²) in [4.78, 5) is 12.7. The molecule has 1 amide bonds. The van der Waals surface area contributed by atoms with E-state index in [0.29, 0.717) is 22.7 Å². The molecule has 0 bridgehead atoms. The molecule has 29 heavy (non-hydrogen) atoms. The molecule has 0 unspecified atom stereocenters. The molecule has 0 atom stereocenters. The lowest BCUT2D eigenvalue weighted by atomic mass is 10.1. The predicted molar refractivity (Wildman–Crippen MR) is 117 cm³/mol. The summed E-state index contributed by atoms with van der Waals surface area (Å²) in [6, 6.07) is 18.0. The van der Waals surface area contributed by atoms with E-state index in [1.54, 1.807) is 42.5 Å². The highest BCUT2D eigenvalue weighted by atomic mass is 79.9. The van der Waals surface area contributed by atoms with Gasteiger partial charge in [0.05, 0.1) is 17.7 Å². The lowest BCUT2D eigenvalue weighted by Crippen LogP contribution is -2.14. The van der Waals surface area contributed by atoms with Gasteiger partial charge in [0.2, 0.25) is 0 Å². The molecule has 3 rings (SSSR count). The zero-order valence-electron chi connectivity index (χ0n) is 15.8. The molecular weight excluding hydrogens is 456 g/mol. The second kappa shape index (κ2) is 8.67. The number of ether oxygens (including phenoxy) is 1. The first-order chi connectivity index (χ1) is 13.8. The molecule has 0 aromatic heterocycles. The molecule has 0 aliphatic heterocycles. The van der Waals surface area contributed by atoms with Crippen molar-refractivity contribution in [2.24, 2.45) is 0 Å². The van der Waals surface area contributed by atoms with Crippen molar-refractivity contribution in [2.75, 3.05) is 17.1 Å². The Labute approximate surface area is 178 Å². The standard InChI is InChI=1S/C21H19BrN2O4S/c1-14-3-12-20(28-2)19(13-14)23-21(25)15-4-8-17(9-5-15)24-29(26,27)18-10-6-16(22)7-11-18/h3-13,24H,1-2H3,(H,23,25). The highest BCUT2D eigenvalue weighted by Crippen LogP contribution is 2.26. The minimum Gasteiger partial charge on any atom is -0.495 e. The molecule has 3 aromatic carbocycles. The number of rotatable bonds is 6. The molecule has 6 nitrogen and oxygen atoms in total. The van der Waals surface area contributed by atoms with Gasteiger partial charge in [0.1, 0.15) is 5.75 Å². The van der Waals surface area contributed by atoms with Crippen LogP contribution in [0.4, 0.5) is 11.4 Å². The Morgan fingerprint density at radius 2 is 1.62 bits per heavy atom. The molecule has 0 radical (unpaired) electrons. The summed E-state index contributed by atoms with van der Waals surface area (Å²) < 4.78 is 33.5. The van der Waals surface area contributed by atoms with Gasteiger partial charge < -0.3 is 10.1 Å². The maximum Gasteiger partial charge on any atom is 0.261 e. The minimum atomic E-state index is -3.71. The Morgan fingerprint density at radius 3 is 2.24 bits per heavy atom. The first kappa shape index (κ1) is 20.9. The SMILES string of the molecule is COc1ccc(C)cc1NC(=O)c1ccc(NS(=O)(=O)c2ccc(Br)cc2)cc1. The third-order valence-corrected chi connectivity index (χ3v) is 6.05. The number of benzene rings is 3. The normalized spacial score (nSPS) is 11.0. The van der Waals surface area contributed by atoms with Gasteiger partial charge in [-0.15, -0.1) is 0 Å². The molecule has 8 heteroatoms. The van der Waals surface area contributed by atoms with Gasteiger partial charge in [0.25, 0.3) is 15.9 Å². The van der Waals surface area contributed by atoms with Crippen LogP contribution < -0.4 is 14.8 Å². The van der Waals surface area contributed by atoms with Gasteiger partial charge in [-0.25, -0.2) is 8.42 Å². The maximum atomic E-state index is 12.5. The van der Waals surface area contributed by atoms with E-state index in [1.807, 2.05) is 19.1 Å². The molecular formula is C21H19BrN2O4S. The summed E-state index contributed by atoms with van der Waals surface area (Å²) in [6.07, 6.45) is 0. The van der Waals surface area contributed by atoms with E-state index in [4.69, 9.17) is 4.74 Å². The van der Waals surface area contributed by atoms with E-state index in [0.717, 1.165) is 10.0 Å². The average molecular weight is 475 g/mol. The highest BCUT2D eigenvalue weighted by Gasteiger charge is 2.15. The van der Waals surface area contributed by atoms with Crippen molar-refractivity contribution in [2.45, 2.75) is 11.8 Å². The number of nitrogens with one attached hydrogen (secondary N) is 2. The Kier molecular flexibility index (Phi) is 6.24. The fourth-order valence-corrected chi connectivity index (χ4v) is 3.95. The summed E-state index contributed by atoms with van der Waals surface area (Å²) in [7, 11) is -2.18. The van der Waals surface area contributed by atoms with Crippen molar-refractivity contribution in [3.63, 3.8) is 0 Å². The van der Waals surface area contributed by atoms with Gasteiger partial charge in [-0.3, -0.25) is 9.52 Å². The quantitative estimate of drug-likeness (QED) is 0.536. The Hall–Kier alpha value is -2.84. The second-order valence-electron chi connectivity index (χ2n) is 6.29. The second-order valence-corrected chi connectivity index (χ2v) is 8.89. The molecule has 0 spiro atoms. The number of methoxy groups -OCH3 is 1. The van der Waals surface area contributed by atoms with Crippen molar-refractivity contribution in [1.29, 1.82) is 0 Å². The monoisotopic (exact) mass is 474 g/mol. The number of hydrogen-bond donors (Lipinski definition) is 2. The Bertz CT molecular complexity index is 1130. The summed E-state index contributed by atoms with van der Waals surface area (Å²) in [6.45, 7) is 1.92. The van der Waals surface area contributed by atoms with E-state index in [1.165, 1.54) is 19.2 Å². The first-order valence-electron chi connectivity index (χ1n) is 8.63. The van der Waals surface area contributed by atoms with Gasteiger partial charge in [-0.05, 0) is 73.2 Å². The zero-order chi connectivity index (χ0) is 21.0. The van der Waals surface area contributed by atoms with Crippen LogP contribution in [0.5, 0.6) is 5.75 Å². The minimum absolute atomic E-state index is 0.147. The van der Waals surface area contributed by atoms with Crippen LogP contribution in [0, 0.1) is 6.92 Å². The third kappa shape index (κ3) is 5.16. The number of amides is 1. The molecule has 0 heterocycles. The van der Waals surface area contributed by atoms with Crippen LogP contribution in [-0.4, -0.2) is 21.4 Å². The summed E-state index contributed by atoms with van der Waals surface area (Å²) in [5, 5.41) is 2.81. The number of aryl methyl sites for hydroxylation is 1. The lowest BCUT2D eigenvalue weighted by molar-refractivity contribution is 0.102. The maximum absolute atomic E-state index is 12.5. The van der Waals surface area contributed by atoms with Crippen molar-refractivity contribution < 1.29 is 17.9 Å². The molecule has 0 aliphatic carbocycles. The topological polar surface area (TPSA) is 84.5 Å². The van der Waals surface area contributed by atoms with E-state index in [-0.39, 0.29) is 10.8 Å². The Morgan fingerprint density at radius 1 is 0.966 bits per heavy atom. The van der Waals surface area contributed by atoms with Crippen LogP contribution in [0.3, 0.4) is 0 Å². The van der Waals surface area contributed by atoms with Crippen molar-refractivity contribution in [3.05, 3.63) is 82.3 Å². The van der Waals surface area contributed by atoms with Crippen LogP contribution in [0.2, 0.25) is 0 Å². The number of carbonyl (C=O) groups is 1. The van der Waals surface area contributed by atoms with Crippen LogP contribution in [0.1, 0.15) is 15.9 Å². The van der Waals surface area contributed by atoms with Crippen LogP contribution in [-0.2, 0) is 10.0 Å². The molecule has 2 N–H and O–H groups in total. The van der Waals surface area contributed by atoms with Crippen LogP contribution >= 0.6 is 15.9 Å². The number of halogens is 1. The van der Waals surface area contributed by atoms with Crippen molar-refractivity contribution >= 4 is 43.2 Å². The summed E-state index contributed by atoms with van der Waals surface area (Å²) in [5.74, 6) is 0.235. The largest absolute Gasteiger partial charge is 0.495 e. The number of carbonyl (C=O) groups excluding carboxylic acids is 1. The number of hydrogen-bond acceptors (Lipinski definition) is 4. The van der Waals surface area contributed by atoms with E-state index in [9.17, 15) is 13.2 Å². The molecule has 0 fully saturated rings. The van der Waals surface area contributed by atoms with Gasteiger partial charge in [0, 0.05) is 15.7 Å². The van der Waals surface area contributed by atoms with Gasteiger partial charge in [0.15, 0.2) is 0 Å². The molecule has 0 aliphatic rings. The van der Waals surface area contributed by atoms with Gasteiger partial charge in [-0.1, -0.05) is 22.0 Å². The third-order valence-electron chi connectivity index (χ3n) is 4.13. The van der Waals surface area contributed by atoms with Gasteiger partial charge in [-0.2, -0.15) is 0 Å². The molecule has 150 valence electrons. The van der Waals surface area contributed by atoms with E-state index < -0.39 is 10.0 Å². The van der Waals surface area contributed by atoms with E-state index in [2.05, 4.69) is 26.0 Å². The Balaban J connectivity index is 1.74. The van der Waals surface area contributed by atoms with Crippen molar-refractivity contribution in [1.82, 2.24) is 0 Å². The van der Waals surface area contributed by atoms with Gasteiger partial charge >= 0.3 is 0 Å². The molecule has 0 saturated heterocycles. The molecule has 0 saturated carbocycles. The average Bonchev–Trinajstić information content (AvgIpc) is 2.69. The summed E-state index contributed by atoms with van der Waals surface area (Å²) >= 11 is 3.28. The van der Waals surface area contributed by atoms with Crippen LogP contribution in [0.25, 0.3) is 0 Å². The fourth-order valence-electron chi connectivity index (χ4n) is 2.63. The lowest BCUT2D eigenvalue weighted by Gasteiger charge is -2.12. The zero-order valence-corrected chi connectivity index (χ0v) is 18.2.